The van der Waals surface area contributed by atoms with Gasteiger partial charge in [0.1, 0.15) is 5.75 Å². The molecule has 1 amide bonds. The van der Waals surface area contributed by atoms with Crippen molar-refractivity contribution in [3.05, 3.63) is 53.4 Å². The third kappa shape index (κ3) is 4.77. The average molecular weight is 387 g/mol. The summed E-state index contributed by atoms with van der Waals surface area (Å²) in [5.41, 5.74) is 2.04. The van der Waals surface area contributed by atoms with E-state index in [0.29, 0.717) is 40.5 Å². The molecule has 0 bridgehead atoms. The van der Waals surface area contributed by atoms with Crippen LogP contribution in [0.1, 0.15) is 19.7 Å². The number of nitrogens with zero attached hydrogens (tertiary/aromatic N) is 2. The van der Waals surface area contributed by atoms with Crippen molar-refractivity contribution in [1.29, 1.82) is 0 Å². The number of aromatic nitrogens is 2. The fraction of sp³-hybridized carbons (Fsp3) is 0.211. The van der Waals surface area contributed by atoms with Gasteiger partial charge in [-0.25, -0.2) is 0 Å². The van der Waals surface area contributed by atoms with Gasteiger partial charge in [-0.15, -0.1) is 0 Å². The van der Waals surface area contributed by atoms with Gasteiger partial charge in [-0.05, 0) is 37.3 Å². The van der Waals surface area contributed by atoms with Crippen molar-refractivity contribution in [3.63, 3.8) is 0 Å². The Morgan fingerprint density at radius 3 is 2.81 bits per heavy atom. The Morgan fingerprint density at radius 2 is 2.04 bits per heavy atom. The lowest BCUT2D eigenvalue weighted by Gasteiger charge is -2.11. The van der Waals surface area contributed by atoms with Gasteiger partial charge in [0.25, 0.3) is 0 Å². The van der Waals surface area contributed by atoms with Gasteiger partial charge < -0.3 is 19.9 Å². The summed E-state index contributed by atoms with van der Waals surface area (Å²) in [6, 6.07) is 12.7. The summed E-state index contributed by atoms with van der Waals surface area (Å²) in [4.78, 5) is 15.8. The molecular formula is C19H19ClN4O3. The molecule has 2 aromatic carbocycles. The summed E-state index contributed by atoms with van der Waals surface area (Å²) in [7, 11) is 0. The first-order valence-corrected chi connectivity index (χ1v) is 8.80. The predicted octanol–water partition coefficient (Wildman–Crippen LogP) is 4.36. The standard InChI is InChI=1S/C19H19ClN4O3/c1-3-26-17-7-5-4-6-14(17)19-23-18(27-24-19)11-21-16-10-13(20)8-9-15(16)22-12(2)25/h4-10,21H,3,11H2,1-2H3,(H,22,25). The van der Waals surface area contributed by atoms with Crippen molar-refractivity contribution in [2.24, 2.45) is 0 Å². The Kier molecular flexibility index (Phi) is 5.93. The van der Waals surface area contributed by atoms with Crippen molar-refractivity contribution in [2.45, 2.75) is 20.4 Å². The molecule has 3 rings (SSSR count). The molecule has 1 heterocycles. The number of nitrogens with one attached hydrogen (secondary N) is 2. The quantitative estimate of drug-likeness (QED) is 0.627. The second-order valence-electron chi connectivity index (χ2n) is 5.67. The number of hydrogen-bond acceptors (Lipinski definition) is 6. The predicted molar refractivity (Wildman–Crippen MR) is 104 cm³/mol. The molecule has 0 aliphatic heterocycles. The van der Waals surface area contributed by atoms with E-state index in [1.807, 2.05) is 31.2 Å². The summed E-state index contributed by atoms with van der Waals surface area (Å²) in [5, 5.41) is 10.5. The first-order chi connectivity index (χ1) is 13.1. The van der Waals surface area contributed by atoms with Crippen LogP contribution in [0.4, 0.5) is 11.4 Å². The van der Waals surface area contributed by atoms with Crippen LogP contribution in [0, 0.1) is 0 Å². The van der Waals surface area contributed by atoms with Crippen LogP contribution in [0.15, 0.2) is 47.0 Å². The molecule has 0 aliphatic rings. The number of carbonyl (C=O) groups is 1. The Labute approximate surface area is 161 Å². The van der Waals surface area contributed by atoms with Crippen LogP contribution in [-0.4, -0.2) is 22.7 Å². The van der Waals surface area contributed by atoms with Gasteiger partial charge in [0.2, 0.25) is 17.6 Å². The van der Waals surface area contributed by atoms with Gasteiger partial charge in [0.05, 0.1) is 30.1 Å². The summed E-state index contributed by atoms with van der Waals surface area (Å²) < 4.78 is 10.9. The molecule has 0 unspecified atom stereocenters. The molecule has 0 spiro atoms. The van der Waals surface area contributed by atoms with Crippen LogP contribution < -0.4 is 15.4 Å². The first-order valence-electron chi connectivity index (χ1n) is 8.42. The molecule has 27 heavy (non-hydrogen) atoms. The van der Waals surface area contributed by atoms with Gasteiger partial charge in [0.15, 0.2) is 0 Å². The monoisotopic (exact) mass is 386 g/mol. The fourth-order valence-electron chi connectivity index (χ4n) is 2.50. The molecule has 0 atom stereocenters. The third-order valence-corrected chi connectivity index (χ3v) is 3.85. The van der Waals surface area contributed by atoms with E-state index in [4.69, 9.17) is 20.9 Å². The van der Waals surface area contributed by atoms with Crippen LogP contribution in [-0.2, 0) is 11.3 Å². The Bertz CT molecular complexity index is 942. The van der Waals surface area contributed by atoms with E-state index in [-0.39, 0.29) is 12.5 Å². The van der Waals surface area contributed by atoms with Gasteiger partial charge in [0, 0.05) is 11.9 Å². The summed E-state index contributed by atoms with van der Waals surface area (Å²) >= 11 is 6.05. The summed E-state index contributed by atoms with van der Waals surface area (Å²) in [6.45, 7) is 4.18. The molecule has 0 radical (unpaired) electrons. The average Bonchev–Trinajstić information content (AvgIpc) is 3.11. The maximum Gasteiger partial charge on any atom is 0.246 e. The maximum absolute atomic E-state index is 11.3. The highest BCUT2D eigenvalue weighted by Crippen LogP contribution is 2.29. The van der Waals surface area contributed by atoms with Crippen molar-refractivity contribution in [2.75, 3.05) is 17.2 Å². The third-order valence-electron chi connectivity index (χ3n) is 3.62. The van der Waals surface area contributed by atoms with E-state index >= 15 is 0 Å². The number of rotatable bonds is 7. The van der Waals surface area contributed by atoms with Crippen molar-refractivity contribution < 1.29 is 14.1 Å². The van der Waals surface area contributed by atoms with Crippen LogP contribution in [0.5, 0.6) is 5.75 Å². The number of halogens is 1. The highest BCUT2D eigenvalue weighted by Gasteiger charge is 2.14. The zero-order chi connectivity index (χ0) is 19.2. The SMILES string of the molecule is CCOc1ccccc1-c1noc(CNc2cc(Cl)ccc2NC(C)=O)n1. The second-order valence-corrected chi connectivity index (χ2v) is 6.10. The lowest BCUT2D eigenvalue weighted by Crippen LogP contribution is -2.09. The van der Waals surface area contributed by atoms with E-state index in [2.05, 4.69) is 20.8 Å². The van der Waals surface area contributed by atoms with Gasteiger partial charge in [-0.2, -0.15) is 4.98 Å². The zero-order valence-electron chi connectivity index (χ0n) is 15.0. The minimum absolute atomic E-state index is 0.173. The largest absolute Gasteiger partial charge is 0.493 e. The van der Waals surface area contributed by atoms with E-state index in [9.17, 15) is 4.79 Å². The minimum Gasteiger partial charge on any atom is -0.493 e. The first kappa shape index (κ1) is 18.7. The number of para-hydroxylation sites is 1. The number of carbonyl (C=O) groups excluding carboxylic acids is 1. The van der Waals surface area contributed by atoms with Crippen molar-refractivity contribution >= 4 is 28.9 Å². The Morgan fingerprint density at radius 1 is 1.22 bits per heavy atom. The topological polar surface area (TPSA) is 89.3 Å². The normalized spacial score (nSPS) is 10.5. The molecular weight excluding hydrogens is 368 g/mol. The molecule has 0 aliphatic carbocycles. The van der Waals surface area contributed by atoms with Gasteiger partial charge in [-0.3, -0.25) is 4.79 Å². The molecule has 140 valence electrons. The number of ether oxygens (including phenoxy) is 1. The van der Waals surface area contributed by atoms with Gasteiger partial charge >= 0.3 is 0 Å². The number of benzene rings is 2. The number of hydrogen-bond donors (Lipinski definition) is 2. The van der Waals surface area contributed by atoms with Crippen LogP contribution in [0.3, 0.4) is 0 Å². The molecule has 2 N–H and O–H groups in total. The highest BCUT2D eigenvalue weighted by atomic mass is 35.5. The lowest BCUT2D eigenvalue weighted by atomic mass is 10.2. The fourth-order valence-corrected chi connectivity index (χ4v) is 2.67. The second kappa shape index (κ2) is 8.55. The minimum atomic E-state index is -0.173. The summed E-state index contributed by atoms with van der Waals surface area (Å²) in [5.74, 6) is 1.37. The lowest BCUT2D eigenvalue weighted by molar-refractivity contribution is -0.114. The number of anilines is 2. The molecule has 1 aromatic heterocycles. The molecule has 0 saturated carbocycles. The van der Waals surface area contributed by atoms with Crippen LogP contribution >= 0.6 is 11.6 Å². The maximum atomic E-state index is 11.3. The molecule has 0 fully saturated rings. The Hall–Kier alpha value is -3.06. The van der Waals surface area contributed by atoms with E-state index in [1.165, 1.54) is 6.92 Å². The highest BCUT2D eigenvalue weighted by molar-refractivity contribution is 6.31. The molecule has 8 heteroatoms. The van der Waals surface area contributed by atoms with E-state index in [1.54, 1.807) is 18.2 Å². The van der Waals surface area contributed by atoms with Crippen molar-refractivity contribution in [3.8, 4) is 17.1 Å². The van der Waals surface area contributed by atoms with Crippen molar-refractivity contribution in [1.82, 2.24) is 10.1 Å². The number of amides is 1. The molecule has 0 saturated heterocycles. The smallest absolute Gasteiger partial charge is 0.246 e. The van der Waals surface area contributed by atoms with Crippen LogP contribution in [0.2, 0.25) is 5.02 Å². The Balaban J connectivity index is 1.76. The molecule has 3 aromatic rings. The van der Waals surface area contributed by atoms with E-state index < -0.39 is 0 Å². The summed E-state index contributed by atoms with van der Waals surface area (Å²) in [6.07, 6.45) is 0. The van der Waals surface area contributed by atoms with Gasteiger partial charge in [-0.1, -0.05) is 28.9 Å². The van der Waals surface area contributed by atoms with E-state index in [0.717, 1.165) is 5.56 Å². The molecule has 7 nitrogen and oxygen atoms in total. The zero-order valence-corrected chi connectivity index (χ0v) is 15.7. The van der Waals surface area contributed by atoms with Crippen LogP contribution in [0.25, 0.3) is 11.4 Å².